The Morgan fingerprint density at radius 1 is 1.10 bits per heavy atom. The van der Waals surface area contributed by atoms with Gasteiger partial charge in [-0.3, -0.25) is 14.3 Å². The lowest BCUT2D eigenvalue weighted by molar-refractivity contribution is -0.0565. The highest BCUT2D eigenvalue weighted by Crippen LogP contribution is 2.29. The maximum absolute atomic E-state index is 13.2. The van der Waals surface area contributed by atoms with Crippen LogP contribution in [-0.2, 0) is 31.4 Å². The summed E-state index contributed by atoms with van der Waals surface area (Å²) < 4.78 is 13.4. The van der Waals surface area contributed by atoms with E-state index in [0.717, 1.165) is 41.8 Å². The van der Waals surface area contributed by atoms with Gasteiger partial charge in [0.1, 0.15) is 12.4 Å². The molecule has 2 unspecified atom stereocenters. The number of hydrogen-bond donors (Lipinski definition) is 3. The van der Waals surface area contributed by atoms with Crippen LogP contribution in [0.3, 0.4) is 0 Å². The van der Waals surface area contributed by atoms with Crippen molar-refractivity contribution in [3.63, 3.8) is 0 Å². The molecule has 0 spiro atoms. The fourth-order valence-electron chi connectivity index (χ4n) is 6.10. The summed E-state index contributed by atoms with van der Waals surface area (Å²) in [6.45, 7) is 2.35. The van der Waals surface area contributed by atoms with Crippen molar-refractivity contribution in [3.05, 3.63) is 82.7 Å². The zero-order chi connectivity index (χ0) is 28.3. The average Bonchev–Trinajstić information content (AvgIpc) is 3.41. The van der Waals surface area contributed by atoms with Crippen LogP contribution in [0.4, 0.5) is 0 Å². The maximum Gasteiger partial charge on any atom is 0.254 e. The molecule has 2 aromatic carbocycles. The van der Waals surface area contributed by atoms with E-state index in [4.69, 9.17) is 9.47 Å². The molecule has 6 rings (SSSR count). The van der Waals surface area contributed by atoms with Crippen molar-refractivity contribution in [2.75, 3.05) is 19.8 Å². The van der Waals surface area contributed by atoms with Crippen molar-refractivity contribution in [1.29, 1.82) is 0 Å². The Morgan fingerprint density at radius 2 is 1.85 bits per heavy atom. The smallest absolute Gasteiger partial charge is 0.254 e. The molecule has 10 heteroatoms. The van der Waals surface area contributed by atoms with Crippen LogP contribution in [-0.4, -0.2) is 75.6 Å². The second-order valence-electron chi connectivity index (χ2n) is 11.2. The first kappa shape index (κ1) is 27.4. The first-order valence-corrected chi connectivity index (χ1v) is 14.4. The van der Waals surface area contributed by atoms with E-state index in [9.17, 15) is 14.7 Å². The number of carbonyl (C=O) groups is 2. The monoisotopic (exact) mass is 559 g/mol. The third kappa shape index (κ3) is 6.00. The number of morpholine rings is 1. The van der Waals surface area contributed by atoms with Crippen LogP contribution >= 0.6 is 0 Å². The number of nitrogens with one attached hydrogen (secondary N) is 2. The van der Waals surface area contributed by atoms with Crippen molar-refractivity contribution in [1.82, 2.24) is 25.3 Å². The number of ether oxygens (including phenoxy) is 2. The molecule has 2 amide bonds. The molecule has 3 N–H and O–H groups in total. The van der Waals surface area contributed by atoms with E-state index in [1.165, 1.54) is 0 Å². The zero-order valence-electron chi connectivity index (χ0n) is 23.3. The van der Waals surface area contributed by atoms with Crippen LogP contribution in [0.5, 0.6) is 5.75 Å². The Morgan fingerprint density at radius 3 is 2.59 bits per heavy atom. The Bertz CT molecular complexity index is 1370. The fraction of sp³-hybridized carbons (Fsp3) is 0.452. The topological polar surface area (TPSA) is 118 Å². The van der Waals surface area contributed by atoms with Gasteiger partial charge in [0.2, 0.25) is 0 Å². The standard InChI is InChI=1S/C31H37N5O5/c1-35-24(11-12-34-35)19-41-27-10-9-22-14-28(32-15-23(22)13-27)29(37)16-33-30(38)20-5-7-21(8-6-20)31(39)36-25-3-2-4-26(36)18-40-17-25/h5-13,25-26,28-29,32,37H,2-4,14-19H2,1H3,(H,33,38)/t25?,26?,28-,29+/m0/s1. The average molecular weight is 560 g/mol. The van der Waals surface area contributed by atoms with Gasteiger partial charge in [0.05, 0.1) is 37.1 Å². The lowest BCUT2D eigenvalue weighted by Gasteiger charge is -2.45. The normalized spacial score (nSPS) is 22.5. The summed E-state index contributed by atoms with van der Waals surface area (Å²) in [7, 11) is 1.89. The van der Waals surface area contributed by atoms with Gasteiger partial charge in [0, 0.05) is 43.5 Å². The molecule has 0 saturated carbocycles. The quantitative estimate of drug-likeness (QED) is 0.387. The van der Waals surface area contributed by atoms with Gasteiger partial charge in [0.25, 0.3) is 11.8 Å². The van der Waals surface area contributed by atoms with Crippen molar-refractivity contribution >= 4 is 11.8 Å². The molecule has 2 fully saturated rings. The molecule has 10 nitrogen and oxygen atoms in total. The molecule has 0 radical (unpaired) electrons. The molecule has 3 aliphatic heterocycles. The highest BCUT2D eigenvalue weighted by molar-refractivity contribution is 5.98. The minimum atomic E-state index is -0.755. The van der Waals surface area contributed by atoms with Gasteiger partial charge in [-0.2, -0.15) is 5.10 Å². The minimum absolute atomic E-state index is 0.00104. The second-order valence-corrected chi connectivity index (χ2v) is 11.2. The van der Waals surface area contributed by atoms with Gasteiger partial charge in [-0.05, 0) is 79.3 Å². The van der Waals surface area contributed by atoms with E-state index in [2.05, 4.69) is 15.7 Å². The van der Waals surface area contributed by atoms with E-state index in [1.54, 1.807) is 35.1 Å². The lowest BCUT2D eigenvalue weighted by Crippen LogP contribution is -2.57. The van der Waals surface area contributed by atoms with Gasteiger partial charge in [-0.15, -0.1) is 0 Å². The molecule has 4 atom stereocenters. The van der Waals surface area contributed by atoms with Crippen LogP contribution in [0.2, 0.25) is 0 Å². The van der Waals surface area contributed by atoms with Crippen molar-refractivity contribution in [2.24, 2.45) is 7.05 Å². The third-order valence-corrected chi connectivity index (χ3v) is 8.53. The molecule has 1 aromatic heterocycles. The lowest BCUT2D eigenvalue weighted by atomic mass is 9.92. The number of carbonyl (C=O) groups excluding carboxylic acids is 2. The summed E-state index contributed by atoms with van der Waals surface area (Å²) in [6, 6.07) is 14.8. The molecular formula is C31H37N5O5. The van der Waals surface area contributed by atoms with Gasteiger partial charge in [-0.1, -0.05) is 6.07 Å². The number of amides is 2. The van der Waals surface area contributed by atoms with Gasteiger partial charge < -0.3 is 30.1 Å². The number of aliphatic hydroxyl groups is 1. The summed E-state index contributed by atoms with van der Waals surface area (Å²) in [4.78, 5) is 28.0. The summed E-state index contributed by atoms with van der Waals surface area (Å²) >= 11 is 0. The summed E-state index contributed by atoms with van der Waals surface area (Å²) in [5.41, 5.74) is 4.31. The predicted molar refractivity (Wildman–Crippen MR) is 152 cm³/mol. The number of hydrogen-bond acceptors (Lipinski definition) is 7. The molecule has 3 aliphatic rings. The number of aromatic nitrogens is 2. The number of nitrogens with zero attached hydrogens (tertiary/aromatic N) is 3. The van der Waals surface area contributed by atoms with Crippen LogP contribution < -0.4 is 15.4 Å². The van der Waals surface area contributed by atoms with Crippen LogP contribution in [0.15, 0.2) is 54.7 Å². The second kappa shape index (κ2) is 12.0. The Balaban J connectivity index is 0.993. The first-order chi connectivity index (χ1) is 20.0. The Hall–Kier alpha value is -3.73. The van der Waals surface area contributed by atoms with E-state index < -0.39 is 6.10 Å². The number of piperidine rings is 1. The van der Waals surface area contributed by atoms with Crippen molar-refractivity contribution in [3.8, 4) is 5.75 Å². The largest absolute Gasteiger partial charge is 0.487 e. The van der Waals surface area contributed by atoms with Gasteiger partial charge >= 0.3 is 0 Å². The third-order valence-electron chi connectivity index (χ3n) is 8.53. The van der Waals surface area contributed by atoms with E-state index in [0.29, 0.717) is 43.9 Å². The van der Waals surface area contributed by atoms with E-state index >= 15 is 0 Å². The summed E-state index contributed by atoms with van der Waals surface area (Å²) in [5, 5.41) is 21.2. The van der Waals surface area contributed by atoms with Gasteiger partial charge in [-0.25, -0.2) is 0 Å². The highest BCUT2D eigenvalue weighted by Gasteiger charge is 2.38. The predicted octanol–water partition coefficient (Wildman–Crippen LogP) is 2.20. The molecule has 216 valence electrons. The zero-order valence-corrected chi connectivity index (χ0v) is 23.3. The minimum Gasteiger partial charge on any atom is -0.487 e. The highest BCUT2D eigenvalue weighted by atomic mass is 16.5. The van der Waals surface area contributed by atoms with Crippen molar-refractivity contribution in [2.45, 2.75) is 63.1 Å². The number of rotatable bonds is 8. The molecule has 41 heavy (non-hydrogen) atoms. The summed E-state index contributed by atoms with van der Waals surface area (Å²) in [5.74, 6) is 0.511. The van der Waals surface area contributed by atoms with Crippen molar-refractivity contribution < 1.29 is 24.2 Å². The number of aryl methyl sites for hydroxylation is 1. The number of benzene rings is 2. The van der Waals surface area contributed by atoms with Crippen LogP contribution in [0, 0.1) is 0 Å². The number of fused-ring (bicyclic) bond motifs is 3. The molecule has 2 saturated heterocycles. The molecule has 2 bridgehead atoms. The maximum atomic E-state index is 13.2. The van der Waals surface area contributed by atoms with Crippen LogP contribution in [0.1, 0.15) is 56.8 Å². The fourth-order valence-corrected chi connectivity index (χ4v) is 6.10. The molecule has 3 aromatic rings. The Kier molecular flexibility index (Phi) is 8.04. The molecular weight excluding hydrogens is 522 g/mol. The Labute approximate surface area is 239 Å². The van der Waals surface area contributed by atoms with Crippen LogP contribution in [0.25, 0.3) is 0 Å². The van der Waals surface area contributed by atoms with Gasteiger partial charge in [0.15, 0.2) is 0 Å². The first-order valence-electron chi connectivity index (χ1n) is 14.4. The number of aliphatic hydroxyl groups excluding tert-OH is 1. The van der Waals surface area contributed by atoms with E-state index in [-0.39, 0.29) is 36.5 Å². The molecule has 0 aliphatic carbocycles. The molecule has 4 heterocycles. The van der Waals surface area contributed by atoms with E-state index in [1.807, 2.05) is 36.2 Å². The summed E-state index contributed by atoms with van der Waals surface area (Å²) in [6.07, 6.45) is 4.70. The SMILES string of the molecule is Cn1nccc1COc1ccc2c(c1)CN[C@H]([C@H](O)CNC(=O)c1ccc(C(=O)N3C4CCCC3COC4)cc1)C2.